The lowest BCUT2D eigenvalue weighted by Crippen LogP contribution is -2.65. The van der Waals surface area contributed by atoms with Crippen molar-refractivity contribution in [3.8, 4) is 0 Å². The van der Waals surface area contributed by atoms with Crippen LogP contribution in [-0.4, -0.2) is 50.9 Å². The van der Waals surface area contributed by atoms with E-state index >= 15 is 0 Å². The lowest BCUT2D eigenvalue weighted by molar-refractivity contribution is -0.133. The number of rotatable bonds is 8. The molecular weight excluding hydrogens is 434 g/mol. The van der Waals surface area contributed by atoms with E-state index in [1.165, 1.54) is 19.3 Å². The molecule has 0 spiro atoms. The average Bonchev–Trinajstić information content (AvgIpc) is 3.28. The quantitative estimate of drug-likeness (QED) is 0.513. The van der Waals surface area contributed by atoms with E-state index < -0.39 is 5.54 Å². The molecule has 0 saturated heterocycles. The van der Waals surface area contributed by atoms with Crippen LogP contribution in [0.5, 0.6) is 0 Å². The molecule has 1 N–H and O–H groups in total. The van der Waals surface area contributed by atoms with Gasteiger partial charge in [0, 0.05) is 24.7 Å². The number of hydrogen-bond acceptors (Lipinski definition) is 4. The fourth-order valence-corrected chi connectivity index (χ4v) is 6.15. The third-order valence-corrected chi connectivity index (χ3v) is 8.46. The SMILES string of the molecule is CCCSCCCN1C(=O)c2cc3oc(C)cc3n2CC1(C)C(=O)NC1CCCCCCC1. The van der Waals surface area contributed by atoms with Crippen molar-refractivity contribution in [2.75, 3.05) is 18.1 Å². The molecule has 1 atom stereocenters. The van der Waals surface area contributed by atoms with Crippen LogP contribution in [0.25, 0.3) is 11.1 Å². The Balaban J connectivity index is 1.59. The molecule has 33 heavy (non-hydrogen) atoms. The highest BCUT2D eigenvalue weighted by Gasteiger charge is 2.48. The molecule has 2 amide bonds. The number of aryl methyl sites for hydroxylation is 1. The molecule has 0 radical (unpaired) electrons. The number of fused-ring (bicyclic) bond motifs is 3. The highest BCUT2D eigenvalue weighted by Crippen LogP contribution is 2.34. The second-order valence-electron chi connectivity index (χ2n) is 9.93. The van der Waals surface area contributed by atoms with E-state index in [2.05, 4.69) is 12.2 Å². The van der Waals surface area contributed by atoms with Crippen LogP contribution in [0.15, 0.2) is 16.5 Å². The number of carbonyl (C=O) groups is 2. The summed E-state index contributed by atoms with van der Waals surface area (Å²) in [6.45, 7) is 7.10. The normalized spacial score (nSPS) is 22.3. The first-order valence-electron chi connectivity index (χ1n) is 12.7. The van der Waals surface area contributed by atoms with Gasteiger partial charge in [-0.15, -0.1) is 0 Å². The molecule has 1 saturated carbocycles. The van der Waals surface area contributed by atoms with Crippen molar-refractivity contribution >= 4 is 34.7 Å². The van der Waals surface area contributed by atoms with Gasteiger partial charge in [-0.3, -0.25) is 9.59 Å². The molecule has 2 aromatic rings. The van der Waals surface area contributed by atoms with Gasteiger partial charge in [0.15, 0.2) is 5.58 Å². The third-order valence-electron chi connectivity index (χ3n) is 7.19. The van der Waals surface area contributed by atoms with Crippen molar-refractivity contribution in [3.05, 3.63) is 23.6 Å². The zero-order valence-corrected chi connectivity index (χ0v) is 21.3. The van der Waals surface area contributed by atoms with E-state index in [1.54, 1.807) is 0 Å². The van der Waals surface area contributed by atoms with Gasteiger partial charge in [-0.2, -0.15) is 11.8 Å². The number of nitrogens with one attached hydrogen (secondary N) is 1. The van der Waals surface area contributed by atoms with Gasteiger partial charge < -0.3 is 19.2 Å². The zero-order valence-electron chi connectivity index (χ0n) is 20.5. The van der Waals surface area contributed by atoms with E-state index in [0.717, 1.165) is 66.9 Å². The molecule has 0 aromatic carbocycles. The number of thioether (sulfide) groups is 1. The van der Waals surface area contributed by atoms with Crippen LogP contribution >= 0.6 is 11.8 Å². The number of aromatic nitrogens is 1. The minimum Gasteiger partial charge on any atom is -0.460 e. The van der Waals surface area contributed by atoms with E-state index in [0.29, 0.717) is 18.8 Å². The molecular formula is C26H39N3O3S. The monoisotopic (exact) mass is 473 g/mol. The lowest BCUT2D eigenvalue weighted by atomic mass is 9.92. The largest absolute Gasteiger partial charge is 0.460 e. The van der Waals surface area contributed by atoms with Crippen molar-refractivity contribution in [3.63, 3.8) is 0 Å². The number of furan rings is 1. The van der Waals surface area contributed by atoms with Crippen LogP contribution in [0.3, 0.4) is 0 Å². The number of carbonyl (C=O) groups excluding carboxylic acids is 2. The number of hydrogen-bond donors (Lipinski definition) is 1. The highest BCUT2D eigenvalue weighted by molar-refractivity contribution is 7.99. The van der Waals surface area contributed by atoms with Crippen molar-refractivity contribution in [2.24, 2.45) is 0 Å². The number of nitrogens with zero attached hydrogens (tertiary/aromatic N) is 2. The molecule has 2 aliphatic rings. The molecule has 6 nitrogen and oxygen atoms in total. The third kappa shape index (κ3) is 5.13. The van der Waals surface area contributed by atoms with Crippen molar-refractivity contribution in [1.82, 2.24) is 14.8 Å². The molecule has 2 aromatic heterocycles. The van der Waals surface area contributed by atoms with Crippen LogP contribution in [-0.2, 0) is 11.3 Å². The smallest absolute Gasteiger partial charge is 0.271 e. The first-order chi connectivity index (χ1) is 15.9. The predicted octanol–water partition coefficient (Wildman–Crippen LogP) is 5.52. The molecule has 1 unspecified atom stereocenters. The molecule has 1 aliphatic heterocycles. The fourth-order valence-electron chi connectivity index (χ4n) is 5.32. The predicted molar refractivity (Wildman–Crippen MR) is 135 cm³/mol. The summed E-state index contributed by atoms with van der Waals surface area (Å²) in [7, 11) is 0. The Hall–Kier alpha value is -1.89. The van der Waals surface area contributed by atoms with E-state index in [-0.39, 0.29) is 17.9 Å². The Labute approximate surface area is 201 Å². The Morgan fingerprint density at radius 1 is 1.18 bits per heavy atom. The molecule has 1 aliphatic carbocycles. The molecule has 182 valence electrons. The van der Waals surface area contributed by atoms with Gasteiger partial charge in [-0.25, -0.2) is 0 Å². The van der Waals surface area contributed by atoms with E-state index in [9.17, 15) is 9.59 Å². The van der Waals surface area contributed by atoms with Gasteiger partial charge in [-0.05, 0) is 51.0 Å². The summed E-state index contributed by atoms with van der Waals surface area (Å²) in [4.78, 5) is 29.3. The zero-order chi connectivity index (χ0) is 23.4. The minimum absolute atomic E-state index is 0.0182. The topological polar surface area (TPSA) is 67.5 Å². The lowest BCUT2D eigenvalue weighted by Gasteiger charge is -2.44. The summed E-state index contributed by atoms with van der Waals surface area (Å²) in [5.41, 5.74) is 1.33. The molecule has 0 bridgehead atoms. The maximum absolute atomic E-state index is 13.8. The minimum atomic E-state index is -0.918. The summed E-state index contributed by atoms with van der Waals surface area (Å²) in [6.07, 6.45) is 10.2. The van der Waals surface area contributed by atoms with Crippen LogP contribution in [0.4, 0.5) is 0 Å². The molecule has 1 fully saturated rings. The Morgan fingerprint density at radius 2 is 1.91 bits per heavy atom. The maximum Gasteiger partial charge on any atom is 0.271 e. The van der Waals surface area contributed by atoms with Gasteiger partial charge >= 0.3 is 0 Å². The van der Waals surface area contributed by atoms with Crippen LogP contribution < -0.4 is 5.32 Å². The standard InChI is InChI=1S/C26H39N3O3S/c1-4-14-33-15-10-13-29-24(30)22-17-23-21(16-19(2)32-23)28(22)18-26(29,3)25(31)27-20-11-8-6-5-7-9-12-20/h16-17,20H,4-15,18H2,1-3H3,(H,27,31). The van der Waals surface area contributed by atoms with Gasteiger partial charge in [0.25, 0.3) is 5.91 Å². The second kappa shape index (κ2) is 10.6. The molecule has 4 rings (SSSR count). The summed E-state index contributed by atoms with van der Waals surface area (Å²) >= 11 is 1.92. The van der Waals surface area contributed by atoms with E-state index in [1.807, 2.05) is 47.2 Å². The average molecular weight is 474 g/mol. The van der Waals surface area contributed by atoms with E-state index in [4.69, 9.17) is 4.42 Å². The molecule has 7 heteroatoms. The van der Waals surface area contributed by atoms with Crippen molar-refractivity contribution in [1.29, 1.82) is 0 Å². The Kier molecular flexibility index (Phi) is 7.77. The Morgan fingerprint density at radius 3 is 2.64 bits per heavy atom. The van der Waals surface area contributed by atoms with Gasteiger partial charge in [0.2, 0.25) is 5.91 Å². The first-order valence-corrected chi connectivity index (χ1v) is 13.9. The van der Waals surface area contributed by atoms with Gasteiger partial charge in [0.1, 0.15) is 17.0 Å². The molecule has 3 heterocycles. The Bertz CT molecular complexity index is 973. The van der Waals surface area contributed by atoms with Crippen LogP contribution in [0, 0.1) is 6.92 Å². The first kappa shape index (κ1) is 24.2. The highest BCUT2D eigenvalue weighted by atomic mass is 32.2. The fraction of sp³-hybridized carbons (Fsp3) is 0.692. The van der Waals surface area contributed by atoms with Crippen LogP contribution in [0.1, 0.15) is 87.9 Å². The maximum atomic E-state index is 13.8. The summed E-state index contributed by atoms with van der Waals surface area (Å²) in [5.74, 6) is 2.86. The van der Waals surface area contributed by atoms with Gasteiger partial charge in [0.05, 0.1) is 12.1 Å². The van der Waals surface area contributed by atoms with Gasteiger partial charge in [-0.1, -0.05) is 39.0 Å². The second-order valence-corrected chi connectivity index (χ2v) is 11.2. The van der Waals surface area contributed by atoms with Crippen molar-refractivity contribution in [2.45, 2.75) is 96.7 Å². The van der Waals surface area contributed by atoms with Crippen molar-refractivity contribution < 1.29 is 14.0 Å². The summed E-state index contributed by atoms with van der Waals surface area (Å²) in [6, 6.07) is 4.01. The van der Waals surface area contributed by atoms with Crippen LogP contribution in [0.2, 0.25) is 0 Å². The summed E-state index contributed by atoms with van der Waals surface area (Å²) in [5, 5.41) is 3.36. The number of amides is 2. The summed E-state index contributed by atoms with van der Waals surface area (Å²) < 4.78 is 7.80.